The van der Waals surface area contributed by atoms with Crippen LogP contribution in [-0.2, 0) is 32.1 Å². The highest BCUT2D eigenvalue weighted by Gasteiger charge is 2.30. The monoisotopic (exact) mass is 730 g/mol. The number of nitrogens with zero attached hydrogens (tertiary/aromatic N) is 4. The van der Waals surface area contributed by atoms with Crippen molar-refractivity contribution in [2.45, 2.75) is 51.2 Å². The Kier molecular flexibility index (Phi) is 14.1. The van der Waals surface area contributed by atoms with Crippen LogP contribution >= 0.6 is 0 Å². The van der Waals surface area contributed by atoms with Crippen LogP contribution in [0.4, 0.5) is 19.1 Å². The van der Waals surface area contributed by atoms with Crippen molar-refractivity contribution in [2.24, 2.45) is 5.92 Å². The number of hydrogen-bond donors (Lipinski definition) is 2. The maximum atomic E-state index is 13.6. The van der Waals surface area contributed by atoms with Crippen molar-refractivity contribution >= 4 is 29.5 Å². The molecule has 0 saturated heterocycles. The Balaban J connectivity index is 1.61. The van der Waals surface area contributed by atoms with Gasteiger partial charge >= 0.3 is 30.0 Å². The molecule has 0 saturated carbocycles. The van der Waals surface area contributed by atoms with Gasteiger partial charge in [-0.05, 0) is 61.1 Å². The van der Waals surface area contributed by atoms with Crippen molar-refractivity contribution in [3.8, 4) is 17.5 Å². The van der Waals surface area contributed by atoms with Crippen LogP contribution in [-0.4, -0.2) is 97.2 Å². The summed E-state index contributed by atoms with van der Waals surface area (Å²) in [4.78, 5) is 64.0. The van der Waals surface area contributed by atoms with Crippen LogP contribution in [0.3, 0.4) is 0 Å². The van der Waals surface area contributed by atoms with Gasteiger partial charge in [0.1, 0.15) is 17.3 Å². The molecule has 6 bridgehead atoms. The Bertz CT molecular complexity index is 1700. The molecule has 14 nitrogen and oxygen atoms in total. The number of rotatable bonds is 8. The first-order chi connectivity index (χ1) is 24.8. The minimum absolute atomic E-state index is 0.00711. The number of ether oxygens (including phenoxy) is 4. The Morgan fingerprint density at radius 1 is 0.942 bits per heavy atom. The number of ketones is 1. The summed E-state index contributed by atoms with van der Waals surface area (Å²) < 4.78 is 60.6. The van der Waals surface area contributed by atoms with Crippen molar-refractivity contribution in [1.29, 1.82) is 0 Å². The van der Waals surface area contributed by atoms with E-state index in [1.807, 2.05) is 24.3 Å². The van der Waals surface area contributed by atoms with Crippen LogP contribution in [0.5, 0.6) is 17.5 Å². The van der Waals surface area contributed by atoms with Gasteiger partial charge in [-0.15, -0.1) is 0 Å². The standard InChI is InChI=1S/C35H41F3N6O8/c1-44(2)31(47)30(46)39-20-24(32(48)49-3)18-27(45)26-13-10-23-16-28(26)51-15-7-5-4-6-14-50-25-11-8-22(9-12-25)19-40-33-41-29(17-23)42-34(43-33)52-21-35(36,37)38/h8-13,16,24H,4-7,14-15,17-21H2,1-3H3,(H,39,46)(H,40,41,42,43)/t24-/m0/s1. The molecule has 0 fully saturated rings. The molecule has 280 valence electrons. The highest BCUT2D eigenvalue weighted by molar-refractivity contribution is 6.34. The van der Waals surface area contributed by atoms with E-state index in [0.717, 1.165) is 36.8 Å². The molecule has 3 aromatic rings. The average molecular weight is 731 g/mol. The van der Waals surface area contributed by atoms with Crippen molar-refractivity contribution in [3.05, 3.63) is 65.0 Å². The first-order valence-electron chi connectivity index (χ1n) is 16.6. The van der Waals surface area contributed by atoms with Crippen molar-refractivity contribution in [1.82, 2.24) is 25.2 Å². The Morgan fingerprint density at radius 3 is 2.31 bits per heavy atom. The van der Waals surface area contributed by atoms with Crippen LogP contribution in [0, 0.1) is 5.92 Å². The molecule has 0 spiro atoms. The largest absolute Gasteiger partial charge is 0.494 e. The molecule has 0 aliphatic carbocycles. The van der Waals surface area contributed by atoms with Gasteiger partial charge in [0.2, 0.25) is 5.95 Å². The van der Waals surface area contributed by atoms with Gasteiger partial charge in [-0.3, -0.25) is 19.2 Å². The van der Waals surface area contributed by atoms with Crippen LogP contribution in [0.15, 0.2) is 42.5 Å². The fourth-order valence-corrected chi connectivity index (χ4v) is 5.02. The topological polar surface area (TPSA) is 171 Å². The summed E-state index contributed by atoms with van der Waals surface area (Å²) in [5.41, 5.74) is 1.55. The van der Waals surface area contributed by atoms with Gasteiger partial charge in [-0.1, -0.05) is 18.2 Å². The predicted octanol–water partition coefficient (Wildman–Crippen LogP) is 3.91. The molecule has 2 amide bonds. The minimum atomic E-state index is -4.62. The van der Waals surface area contributed by atoms with E-state index in [4.69, 9.17) is 18.9 Å². The third-order valence-electron chi connectivity index (χ3n) is 7.75. The Hall–Kier alpha value is -5.48. The third-order valence-corrected chi connectivity index (χ3v) is 7.75. The summed E-state index contributed by atoms with van der Waals surface area (Å²) in [5.74, 6) is -3.16. The Labute approximate surface area is 298 Å². The van der Waals surface area contributed by atoms with Crippen molar-refractivity contribution in [3.63, 3.8) is 0 Å². The molecular weight excluding hydrogens is 689 g/mol. The van der Waals surface area contributed by atoms with Gasteiger partial charge in [0.15, 0.2) is 12.4 Å². The molecular formula is C35H41F3N6O8. The minimum Gasteiger partial charge on any atom is -0.494 e. The number of hydrogen-bond acceptors (Lipinski definition) is 12. The lowest BCUT2D eigenvalue weighted by Gasteiger charge is -2.17. The lowest BCUT2D eigenvalue weighted by Crippen LogP contribution is -2.42. The number of benzene rings is 2. The second-order valence-electron chi connectivity index (χ2n) is 12.1. The molecule has 5 rings (SSSR count). The molecule has 2 aromatic carbocycles. The number of Topliss-reactive ketones (excluding diaryl/α,β-unsaturated/α-hetero) is 1. The Morgan fingerprint density at radius 2 is 1.63 bits per heavy atom. The maximum absolute atomic E-state index is 13.6. The fraction of sp³-hybridized carbons (Fsp3) is 0.457. The second-order valence-corrected chi connectivity index (χ2v) is 12.1. The molecule has 3 heterocycles. The van der Waals surface area contributed by atoms with E-state index in [1.54, 1.807) is 12.1 Å². The van der Waals surface area contributed by atoms with Gasteiger partial charge in [-0.25, -0.2) is 0 Å². The van der Waals surface area contributed by atoms with Crippen LogP contribution in [0.1, 0.15) is 59.4 Å². The molecule has 52 heavy (non-hydrogen) atoms. The van der Waals surface area contributed by atoms with Crippen LogP contribution in [0.25, 0.3) is 0 Å². The number of alkyl halides is 3. The third kappa shape index (κ3) is 12.4. The van der Waals surface area contributed by atoms with E-state index >= 15 is 0 Å². The first kappa shape index (κ1) is 39.3. The number of carbonyl (C=O) groups is 4. The van der Waals surface area contributed by atoms with Crippen LogP contribution in [0.2, 0.25) is 0 Å². The smallest absolute Gasteiger partial charge is 0.422 e. The number of likely N-dealkylation sites (N-methyl/N-ethyl adjacent to an activating group) is 1. The highest BCUT2D eigenvalue weighted by atomic mass is 19.4. The normalized spacial score (nSPS) is 14.3. The lowest BCUT2D eigenvalue weighted by molar-refractivity contribution is -0.154. The van der Waals surface area contributed by atoms with E-state index in [1.165, 1.54) is 20.2 Å². The molecule has 1 atom stereocenters. The molecule has 2 aliphatic heterocycles. The summed E-state index contributed by atoms with van der Waals surface area (Å²) in [6.07, 6.45) is -1.82. The van der Waals surface area contributed by atoms with Gasteiger partial charge < -0.3 is 34.5 Å². The number of carbonyl (C=O) groups excluding carboxylic acids is 4. The quantitative estimate of drug-likeness (QED) is 0.195. The molecule has 1 aromatic heterocycles. The first-order valence-corrected chi connectivity index (χ1v) is 16.6. The number of nitrogens with one attached hydrogen (secondary N) is 2. The molecule has 0 unspecified atom stereocenters. The van der Waals surface area contributed by atoms with Crippen molar-refractivity contribution in [2.75, 3.05) is 52.9 Å². The number of amides is 2. The fourth-order valence-electron chi connectivity index (χ4n) is 5.02. The van der Waals surface area contributed by atoms with E-state index in [2.05, 4.69) is 25.6 Å². The molecule has 2 N–H and O–H groups in total. The van der Waals surface area contributed by atoms with E-state index in [9.17, 15) is 32.3 Å². The highest BCUT2D eigenvalue weighted by Crippen LogP contribution is 2.26. The number of esters is 1. The SMILES string of the molecule is COC(=O)[C@H](CNC(=O)C(=O)N(C)C)CC(=O)c1ccc2cc1OCCCCCCOc1ccc(cc1)CNc1nc(nc(OCC(F)(F)F)n1)C2. The predicted molar refractivity (Wildman–Crippen MR) is 180 cm³/mol. The van der Waals surface area contributed by atoms with E-state index in [0.29, 0.717) is 24.3 Å². The van der Waals surface area contributed by atoms with E-state index < -0.39 is 48.3 Å². The van der Waals surface area contributed by atoms with Gasteiger partial charge in [0.25, 0.3) is 0 Å². The number of anilines is 1. The van der Waals surface area contributed by atoms with Crippen molar-refractivity contribution < 1.29 is 51.3 Å². The zero-order valence-corrected chi connectivity index (χ0v) is 29.1. The van der Waals surface area contributed by atoms with E-state index in [-0.39, 0.29) is 55.6 Å². The van der Waals surface area contributed by atoms with Gasteiger partial charge in [0, 0.05) is 40.0 Å². The summed E-state index contributed by atoms with van der Waals surface area (Å²) in [7, 11) is 3.95. The van der Waals surface area contributed by atoms with Gasteiger partial charge in [-0.2, -0.15) is 28.1 Å². The number of aromatic nitrogens is 3. The molecule has 2 aliphatic rings. The summed E-state index contributed by atoms with van der Waals surface area (Å²) in [5, 5.41) is 5.38. The second kappa shape index (κ2) is 18.7. The number of methoxy groups -OCH3 is 1. The number of fused-ring (bicyclic) bond motifs is 10. The molecule has 17 heteroatoms. The number of halogens is 3. The lowest BCUT2D eigenvalue weighted by atomic mass is 9.96. The zero-order chi connectivity index (χ0) is 37.7. The van der Waals surface area contributed by atoms with Gasteiger partial charge in [0.05, 0.1) is 31.8 Å². The summed E-state index contributed by atoms with van der Waals surface area (Å²) in [6, 6.07) is 11.5. The zero-order valence-electron chi connectivity index (χ0n) is 29.1. The average Bonchev–Trinajstić information content (AvgIpc) is 3.11. The maximum Gasteiger partial charge on any atom is 0.422 e. The summed E-state index contributed by atoms with van der Waals surface area (Å²) in [6.45, 7) is -0.912. The summed E-state index contributed by atoms with van der Waals surface area (Å²) >= 11 is 0. The molecule has 0 radical (unpaired) electrons. The van der Waals surface area contributed by atoms with Crippen LogP contribution < -0.4 is 24.8 Å².